The second-order valence-corrected chi connectivity index (χ2v) is 9.17. The van der Waals surface area contributed by atoms with Gasteiger partial charge < -0.3 is 20.6 Å². The van der Waals surface area contributed by atoms with Crippen LogP contribution < -0.4 is 10.2 Å². The van der Waals surface area contributed by atoms with Gasteiger partial charge >= 0.3 is 6.03 Å². The first-order chi connectivity index (χ1) is 17.9. The molecule has 0 aromatic heterocycles. The minimum atomic E-state index is -0.828. The smallest absolute Gasteiger partial charge is 0.322 e. The van der Waals surface area contributed by atoms with Crippen molar-refractivity contribution >= 4 is 11.7 Å². The molecule has 3 atom stereocenters. The van der Waals surface area contributed by atoms with Crippen molar-refractivity contribution in [3.63, 3.8) is 0 Å². The first-order valence-electron chi connectivity index (χ1n) is 12.1. The van der Waals surface area contributed by atoms with Gasteiger partial charge in [0.25, 0.3) is 0 Å². The van der Waals surface area contributed by atoms with Crippen molar-refractivity contribution in [2.45, 2.75) is 31.0 Å². The van der Waals surface area contributed by atoms with Crippen molar-refractivity contribution in [3.05, 3.63) is 114 Å². The van der Waals surface area contributed by atoms with Gasteiger partial charge in [0.2, 0.25) is 0 Å². The Kier molecular flexibility index (Phi) is 6.79. The molecule has 1 saturated heterocycles. The number of nitrogens with zero attached hydrogens (tertiary/aromatic N) is 1. The number of carbonyl (C=O) groups excluding carboxylic acids is 1. The summed E-state index contributed by atoms with van der Waals surface area (Å²) in [6.07, 6.45) is -0.0742. The van der Waals surface area contributed by atoms with E-state index in [1.54, 1.807) is 47.4 Å². The fraction of sp³-hybridized carbons (Fsp3) is 0.167. The molecule has 0 unspecified atom stereocenters. The molecule has 5 rings (SSSR count). The summed E-state index contributed by atoms with van der Waals surface area (Å²) in [5, 5.41) is 34.7. The van der Waals surface area contributed by atoms with Gasteiger partial charge in [-0.25, -0.2) is 9.18 Å². The molecule has 0 bridgehead atoms. The quantitative estimate of drug-likeness (QED) is 0.249. The van der Waals surface area contributed by atoms with Crippen molar-refractivity contribution < 1.29 is 24.5 Å². The maximum absolute atomic E-state index is 13.3. The summed E-state index contributed by atoms with van der Waals surface area (Å²) < 4.78 is 13.3. The van der Waals surface area contributed by atoms with Crippen LogP contribution in [-0.2, 0) is 0 Å². The molecule has 4 aromatic rings. The van der Waals surface area contributed by atoms with E-state index in [-0.39, 0.29) is 23.3 Å². The average Bonchev–Trinajstić information content (AvgIpc) is 3.23. The summed E-state index contributed by atoms with van der Waals surface area (Å²) in [5.41, 5.74) is 3.32. The summed E-state index contributed by atoms with van der Waals surface area (Å²) in [6, 6.07) is 25.7. The van der Waals surface area contributed by atoms with Gasteiger partial charge in [-0.05, 0) is 72.0 Å². The zero-order chi connectivity index (χ0) is 25.9. The number of aromatic hydroxyl groups is 2. The molecule has 1 aliphatic heterocycles. The number of rotatable bonds is 7. The van der Waals surface area contributed by atoms with E-state index in [1.807, 2.05) is 42.5 Å². The molecule has 4 aromatic carbocycles. The van der Waals surface area contributed by atoms with Crippen LogP contribution in [0.4, 0.5) is 14.9 Å². The maximum Gasteiger partial charge on any atom is 0.322 e. The Bertz CT molecular complexity index is 1390. The number of amides is 2. The van der Waals surface area contributed by atoms with Crippen LogP contribution in [0.2, 0.25) is 0 Å². The third-order valence-corrected chi connectivity index (χ3v) is 6.76. The molecule has 1 heterocycles. The Labute approximate surface area is 214 Å². The number of aliphatic hydroxyl groups excluding tert-OH is 1. The predicted octanol–water partition coefficient (Wildman–Crippen LogP) is 6.06. The minimum absolute atomic E-state index is 0.0207. The fourth-order valence-corrected chi connectivity index (χ4v) is 4.91. The summed E-state index contributed by atoms with van der Waals surface area (Å²) in [5.74, 6) is -0.226. The lowest BCUT2D eigenvalue weighted by molar-refractivity contribution is 0.159. The van der Waals surface area contributed by atoms with Gasteiger partial charge in [-0.2, -0.15) is 0 Å². The average molecular weight is 499 g/mol. The molecule has 0 radical (unpaired) electrons. The molecule has 4 N–H and O–H groups in total. The zero-order valence-electron chi connectivity index (χ0n) is 20.0. The minimum Gasteiger partial charge on any atom is -0.508 e. The number of halogens is 1. The number of hydrogen-bond acceptors (Lipinski definition) is 4. The summed E-state index contributed by atoms with van der Waals surface area (Å²) in [7, 11) is 0. The van der Waals surface area contributed by atoms with Crippen LogP contribution in [0.25, 0.3) is 11.1 Å². The molecule has 0 spiro atoms. The highest BCUT2D eigenvalue weighted by Crippen LogP contribution is 2.41. The van der Waals surface area contributed by atoms with Gasteiger partial charge in [-0.15, -0.1) is 0 Å². The molecule has 1 aliphatic rings. The molecule has 2 amide bonds. The highest BCUT2D eigenvalue weighted by molar-refractivity contribution is 5.96. The standard InChI is InChI=1S/C30H27FN2O4/c31-22-12-9-19(10-13-22)27(35)16-15-26-29(33(30(37)32-26)23-6-2-1-3-7-23)25-14-11-21(18-28(25)36)20-5-4-8-24(34)17-20/h1-14,17-18,26-27,29,34-36H,15-16H2,(H,32,37)/t26-,27-,29+/m0/s1. The molecular weight excluding hydrogens is 471 g/mol. The van der Waals surface area contributed by atoms with E-state index >= 15 is 0 Å². The van der Waals surface area contributed by atoms with E-state index < -0.39 is 18.2 Å². The van der Waals surface area contributed by atoms with E-state index in [1.165, 1.54) is 12.1 Å². The van der Waals surface area contributed by atoms with Gasteiger partial charge in [0.1, 0.15) is 17.3 Å². The van der Waals surface area contributed by atoms with Crippen LogP contribution in [-0.4, -0.2) is 27.4 Å². The molecule has 6 nitrogen and oxygen atoms in total. The van der Waals surface area contributed by atoms with Crippen LogP contribution in [0.1, 0.15) is 36.1 Å². The predicted molar refractivity (Wildman–Crippen MR) is 140 cm³/mol. The summed E-state index contributed by atoms with van der Waals surface area (Å²) in [4.78, 5) is 14.8. The molecule has 1 fully saturated rings. The molecule has 0 aliphatic carbocycles. The van der Waals surface area contributed by atoms with Crippen LogP contribution in [0.3, 0.4) is 0 Å². The lowest BCUT2D eigenvalue weighted by atomic mass is 9.91. The second kappa shape index (κ2) is 10.3. The van der Waals surface area contributed by atoms with Crippen LogP contribution in [0, 0.1) is 5.82 Å². The van der Waals surface area contributed by atoms with Crippen LogP contribution in [0.15, 0.2) is 97.1 Å². The molecule has 37 heavy (non-hydrogen) atoms. The van der Waals surface area contributed by atoms with Crippen LogP contribution in [0.5, 0.6) is 11.5 Å². The highest BCUT2D eigenvalue weighted by Gasteiger charge is 2.42. The lowest BCUT2D eigenvalue weighted by Gasteiger charge is -2.28. The van der Waals surface area contributed by atoms with E-state index in [9.17, 15) is 24.5 Å². The maximum atomic E-state index is 13.3. The van der Waals surface area contributed by atoms with Gasteiger partial charge in [-0.1, -0.05) is 54.6 Å². The topological polar surface area (TPSA) is 93.0 Å². The fourth-order valence-electron chi connectivity index (χ4n) is 4.91. The number of para-hydroxylation sites is 1. The number of carbonyl (C=O) groups is 1. The van der Waals surface area contributed by atoms with Crippen molar-refractivity contribution in [2.24, 2.45) is 0 Å². The Morgan fingerprint density at radius 3 is 2.30 bits per heavy atom. The zero-order valence-corrected chi connectivity index (χ0v) is 20.0. The number of phenols is 2. The number of benzene rings is 4. The van der Waals surface area contributed by atoms with E-state index in [0.29, 0.717) is 29.7 Å². The van der Waals surface area contributed by atoms with Gasteiger partial charge in [-0.3, -0.25) is 4.90 Å². The Morgan fingerprint density at radius 1 is 0.865 bits per heavy atom. The second-order valence-electron chi connectivity index (χ2n) is 9.17. The number of hydrogen-bond donors (Lipinski definition) is 4. The Morgan fingerprint density at radius 2 is 1.59 bits per heavy atom. The van der Waals surface area contributed by atoms with Gasteiger partial charge in [0.05, 0.1) is 18.2 Å². The first-order valence-corrected chi connectivity index (χ1v) is 12.1. The van der Waals surface area contributed by atoms with E-state index in [0.717, 1.165) is 11.1 Å². The number of urea groups is 1. The Hall–Kier alpha value is -4.36. The van der Waals surface area contributed by atoms with Crippen molar-refractivity contribution in [2.75, 3.05) is 4.90 Å². The number of anilines is 1. The summed E-state index contributed by atoms with van der Waals surface area (Å²) in [6.45, 7) is 0. The number of nitrogens with one attached hydrogen (secondary N) is 1. The third-order valence-electron chi connectivity index (χ3n) is 6.76. The third kappa shape index (κ3) is 5.13. The van der Waals surface area contributed by atoms with E-state index in [4.69, 9.17) is 0 Å². The molecule has 7 heteroatoms. The normalized spacial score (nSPS) is 18.0. The molecular formula is C30H27FN2O4. The lowest BCUT2D eigenvalue weighted by Crippen LogP contribution is -2.29. The Balaban J connectivity index is 1.46. The molecule has 188 valence electrons. The highest BCUT2D eigenvalue weighted by atomic mass is 19.1. The molecule has 0 saturated carbocycles. The van der Waals surface area contributed by atoms with Gasteiger partial charge in [0, 0.05) is 11.3 Å². The van der Waals surface area contributed by atoms with Crippen LogP contribution >= 0.6 is 0 Å². The van der Waals surface area contributed by atoms with Crippen molar-refractivity contribution in [1.82, 2.24) is 5.32 Å². The van der Waals surface area contributed by atoms with Crippen molar-refractivity contribution in [3.8, 4) is 22.6 Å². The number of aliphatic hydroxyl groups is 1. The SMILES string of the molecule is O=C1N[C@@H](CC[C@H](O)c2ccc(F)cc2)[C@@H](c2ccc(-c3cccc(O)c3)cc2O)N1c1ccccc1. The largest absolute Gasteiger partial charge is 0.508 e. The monoisotopic (exact) mass is 498 g/mol. The van der Waals surface area contributed by atoms with E-state index in [2.05, 4.69) is 5.32 Å². The van der Waals surface area contributed by atoms with Crippen molar-refractivity contribution in [1.29, 1.82) is 0 Å². The first kappa shape index (κ1) is 24.3. The summed E-state index contributed by atoms with van der Waals surface area (Å²) >= 11 is 0. The van der Waals surface area contributed by atoms with Gasteiger partial charge in [0.15, 0.2) is 0 Å². The number of phenolic OH excluding ortho intramolecular Hbond substituents is 2.